The number of hydrogen-bond acceptors (Lipinski definition) is 1. The predicted octanol–water partition coefficient (Wildman–Crippen LogP) is 3.81. The maximum Gasteiger partial charge on any atom is 0.0480 e. The molecule has 0 bridgehead atoms. The van der Waals surface area contributed by atoms with Gasteiger partial charge in [-0.1, -0.05) is 30.3 Å². The zero-order valence-corrected chi connectivity index (χ0v) is 11.4. The van der Waals surface area contributed by atoms with Crippen LogP contribution in [-0.2, 0) is 13.5 Å². The Balaban J connectivity index is 1.96. The Kier molecular flexibility index (Phi) is 3.00. The van der Waals surface area contributed by atoms with Crippen LogP contribution in [0.5, 0.6) is 0 Å². The second-order valence-electron chi connectivity index (χ2n) is 4.91. The third-order valence-electron chi connectivity index (χ3n) is 3.62. The quantitative estimate of drug-likeness (QED) is 0.748. The van der Waals surface area contributed by atoms with Gasteiger partial charge in [0.25, 0.3) is 0 Å². The van der Waals surface area contributed by atoms with Gasteiger partial charge in [0.15, 0.2) is 0 Å². The van der Waals surface area contributed by atoms with Crippen molar-refractivity contribution >= 4 is 16.6 Å². The maximum atomic E-state index is 3.15. The molecule has 2 nitrogen and oxygen atoms in total. The van der Waals surface area contributed by atoms with Gasteiger partial charge in [0.05, 0.1) is 0 Å². The molecule has 0 saturated heterocycles. The van der Waals surface area contributed by atoms with E-state index < -0.39 is 0 Å². The summed E-state index contributed by atoms with van der Waals surface area (Å²) in [5, 5.41) is 4.50. The van der Waals surface area contributed by atoms with Crippen molar-refractivity contribution in [3.8, 4) is 0 Å². The van der Waals surface area contributed by atoms with Gasteiger partial charge < -0.3 is 9.88 Å². The lowest BCUT2D eigenvalue weighted by atomic mass is 10.0. The highest BCUT2D eigenvalue weighted by Crippen LogP contribution is 2.23. The third-order valence-corrected chi connectivity index (χ3v) is 3.62. The van der Waals surface area contributed by atoms with Crippen molar-refractivity contribution in [1.82, 2.24) is 4.57 Å². The van der Waals surface area contributed by atoms with Crippen LogP contribution in [0.2, 0.25) is 0 Å². The molecule has 3 aromatic rings. The molecule has 1 heterocycles. The number of aryl methyl sites for hydroxylation is 1. The van der Waals surface area contributed by atoms with E-state index >= 15 is 0 Å². The van der Waals surface area contributed by atoms with Crippen molar-refractivity contribution in [3.05, 3.63) is 65.9 Å². The largest absolute Gasteiger partial charge is 0.388 e. The number of para-hydroxylation sites is 1. The van der Waals surface area contributed by atoms with Crippen molar-refractivity contribution in [3.63, 3.8) is 0 Å². The molecule has 0 fully saturated rings. The summed E-state index contributed by atoms with van der Waals surface area (Å²) in [6.07, 6.45) is 3.21. The molecule has 2 aromatic carbocycles. The second-order valence-corrected chi connectivity index (χ2v) is 4.91. The van der Waals surface area contributed by atoms with Crippen LogP contribution in [0, 0.1) is 0 Å². The lowest BCUT2D eigenvalue weighted by molar-refractivity contribution is 0.958. The van der Waals surface area contributed by atoms with Gasteiger partial charge in [-0.2, -0.15) is 0 Å². The predicted molar refractivity (Wildman–Crippen MR) is 81.7 cm³/mol. The minimum absolute atomic E-state index is 0.978. The van der Waals surface area contributed by atoms with Gasteiger partial charge >= 0.3 is 0 Å². The fourth-order valence-corrected chi connectivity index (χ4v) is 2.58. The molecule has 0 aliphatic rings. The summed E-state index contributed by atoms with van der Waals surface area (Å²) in [6, 6.07) is 17.2. The third kappa shape index (κ3) is 2.22. The molecule has 1 aromatic heterocycles. The van der Waals surface area contributed by atoms with Gasteiger partial charge in [-0.05, 0) is 35.7 Å². The molecular formula is C17H18N2. The summed E-state index contributed by atoms with van der Waals surface area (Å²) < 4.78 is 2.20. The van der Waals surface area contributed by atoms with Gasteiger partial charge in [0, 0.05) is 36.9 Å². The smallest absolute Gasteiger partial charge is 0.0480 e. The molecule has 0 aliphatic heterocycles. The maximum absolute atomic E-state index is 3.15. The number of rotatable bonds is 3. The number of nitrogens with zero attached hydrogens (tertiary/aromatic N) is 1. The first kappa shape index (κ1) is 11.8. The molecular weight excluding hydrogens is 232 g/mol. The topological polar surface area (TPSA) is 17.0 Å². The number of aromatic nitrogens is 1. The first-order valence-electron chi connectivity index (χ1n) is 6.57. The van der Waals surface area contributed by atoms with Crippen LogP contribution in [0.1, 0.15) is 11.1 Å². The number of benzene rings is 2. The second kappa shape index (κ2) is 4.81. The highest BCUT2D eigenvalue weighted by Gasteiger charge is 2.06. The van der Waals surface area contributed by atoms with E-state index in [0.717, 1.165) is 12.1 Å². The summed E-state index contributed by atoms with van der Waals surface area (Å²) >= 11 is 0. The van der Waals surface area contributed by atoms with Crippen LogP contribution in [0.25, 0.3) is 10.9 Å². The first-order chi connectivity index (χ1) is 9.28. The minimum atomic E-state index is 0.978. The Morgan fingerprint density at radius 3 is 2.47 bits per heavy atom. The van der Waals surface area contributed by atoms with Crippen LogP contribution in [-0.4, -0.2) is 11.6 Å². The van der Waals surface area contributed by atoms with Crippen LogP contribution in [0.15, 0.2) is 54.7 Å². The summed E-state index contributed by atoms with van der Waals surface area (Å²) in [4.78, 5) is 0. The Morgan fingerprint density at radius 1 is 1.00 bits per heavy atom. The lowest BCUT2D eigenvalue weighted by Gasteiger charge is -2.03. The Hall–Kier alpha value is -2.22. The Labute approximate surface area is 113 Å². The molecule has 0 spiro atoms. The molecule has 0 aliphatic carbocycles. The number of anilines is 1. The molecule has 1 N–H and O–H groups in total. The monoisotopic (exact) mass is 250 g/mol. The van der Waals surface area contributed by atoms with Crippen molar-refractivity contribution < 1.29 is 0 Å². The van der Waals surface area contributed by atoms with Crippen molar-refractivity contribution in [2.75, 3.05) is 12.4 Å². The van der Waals surface area contributed by atoms with Crippen LogP contribution in [0.3, 0.4) is 0 Å². The zero-order valence-electron chi connectivity index (χ0n) is 11.4. The number of fused-ring (bicyclic) bond motifs is 1. The van der Waals surface area contributed by atoms with Crippen LogP contribution < -0.4 is 5.32 Å². The van der Waals surface area contributed by atoms with E-state index in [1.165, 1.54) is 22.0 Å². The van der Waals surface area contributed by atoms with Crippen molar-refractivity contribution in [1.29, 1.82) is 0 Å². The normalized spacial score (nSPS) is 10.8. The van der Waals surface area contributed by atoms with Crippen LogP contribution in [0.4, 0.5) is 5.69 Å². The first-order valence-corrected chi connectivity index (χ1v) is 6.57. The summed E-state index contributed by atoms with van der Waals surface area (Å²) in [6.45, 7) is 0. The van der Waals surface area contributed by atoms with Crippen molar-refractivity contribution in [2.24, 2.45) is 7.05 Å². The van der Waals surface area contributed by atoms with Crippen molar-refractivity contribution in [2.45, 2.75) is 6.42 Å². The van der Waals surface area contributed by atoms with E-state index in [-0.39, 0.29) is 0 Å². The molecule has 0 radical (unpaired) electrons. The average Bonchev–Trinajstić information content (AvgIpc) is 2.77. The highest BCUT2D eigenvalue weighted by atomic mass is 14.9. The molecule has 0 saturated carbocycles. The number of hydrogen-bond donors (Lipinski definition) is 1. The standard InChI is InChI=1S/C17H18N2/c1-18-15-9-7-13(8-10-15)11-14-12-19(2)17-6-4-3-5-16(14)17/h3-10,12,18H,11H2,1-2H3. The SMILES string of the molecule is CNc1ccc(Cc2cn(C)c3ccccc23)cc1. The molecule has 19 heavy (non-hydrogen) atoms. The number of nitrogens with one attached hydrogen (secondary N) is 1. The molecule has 0 amide bonds. The van der Waals surface area contributed by atoms with Gasteiger partial charge in [-0.3, -0.25) is 0 Å². The summed E-state index contributed by atoms with van der Waals surface area (Å²) in [5.41, 5.74) is 5.18. The highest BCUT2D eigenvalue weighted by molar-refractivity contribution is 5.84. The van der Waals surface area contributed by atoms with E-state index in [1.807, 2.05) is 7.05 Å². The molecule has 3 rings (SSSR count). The van der Waals surface area contributed by atoms with Gasteiger partial charge in [0.2, 0.25) is 0 Å². The zero-order chi connectivity index (χ0) is 13.2. The lowest BCUT2D eigenvalue weighted by Crippen LogP contribution is -1.90. The van der Waals surface area contributed by atoms with Crippen LogP contribution >= 0.6 is 0 Å². The fourth-order valence-electron chi connectivity index (χ4n) is 2.58. The summed E-state index contributed by atoms with van der Waals surface area (Å²) in [7, 11) is 4.05. The average molecular weight is 250 g/mol. The van der Waals surface area contributed by atoms with E-state index in [1.54, 1.807) is 0 Å². The Bertz CT molecular complexity index is 693. The van der Waals surface area contributed by atoms with Gasteiger partial charge in [-0.15, -0.1) is 0 Å². The Morgan fingerprint density at radius 2 is 1.74 bits per heavy atom. The van der Waals surface area contributed by atoms with E-state index in [9.17, 15) is 0 Å². The van der Waals surface area contributed by atoms with E-state index in [4.69, 9.17) is 0 Å². The van der Waals surface area contributed by atoms with E-state index in [0.29, 0.717) is 0 Å². The molecule has 0 atom stereocenters. The van der Waals surface area contributed by atoms with Gasteiger partial charge in [-0.25, -0.2) is 0 Å². The molecule has 96 valence electrons. The molecule has 2 heteroatoms. The van der Waals surface area contributed by atoms with Gasteiger partial charge in [0.1, 0.15) is 0 Å². The fraction of sp³-hybridized carbons (Fsp3) is 0.176. The molecule has 0 unspecified atom stereocenters. The van der Waals surface area contributed by atoms with E-state index in [2.05, 4.69) is 71.7 Å². The summed E-state index contributed by atoms with van der Waals surface area (Å²) in [5.74, 6) is 0. The minimum Gasteiger partial charge on any atom is -0.388 e.